The molecule has 5 nitrogen and oxygen atoms in total. The number of piperidine rings is 1. The zero-order chi connectivity index (χ0) is 15.5. The molecule has 3 N–H and O–H groups in total. The molecular formula is C15H20N2O3S. The molecule has 0 spiro atoms. The number of benzene rings is 1. The van der Waals surface area contributed by atoms with Crippen molar-refractivity contribution in [2.45, 2.75) is 24.3 Å². The standard InChI is InChI=1S/C15H20N2O3S/c1-12-8-10-17(11-14(12)18)21(19,20)15-7-3-2-5-13(15)6-4-9-16/h2-3,5,7,12,14,18H,8-11,16H2,1H3. The molecule has 0 amide bonds. The van der Waals surface area contributed by atoms with Crippen molar-refractivity contribution < 1.29 is 13.5 Å². The first-order valence-electron chi connectivity index (χ1n) is 6.93. The summed E-state index contributed by atoms with van der Waals surface area (Å²) in [6.07, 6.45) is 0.0210. The average Bonchev–Trinajstić information content (AvgIpc) is 2.48. The van der Waals surface area contributed by atoms with Crippen molar-refractivity contribution in [1.29, 1.82) is 0 Å². The fraction of sp³-hybridized carbons (Fsp3) is 0.467. The first-order chi connectivity index (χ1) is 9.96. The molecule has 0 aromatic heterocycles. The van der Waals surface area contributed by atoms with Crippen LogP contribution in [-0.2, 0) is 10.0 Å². The maximum atomic E-state index is 12.7. The number of nitrogens with zero attached hydrogens (tertiary/aromatic N) is 1. The van der Waals surface area contributed by atoms with Crippen molar-refractivity contribution in [2.75, 3.05) is 19.6 Å². The number of aliphatic hydroxyl groups excluding tert-OH is 1. The first-order valence-corrected chi connectivity index (χ1v) is 8.37. The lowest BCUT2D eigenvalue weighted by molar-refractivity contribution is 0.0605. The quantitative estimate of drug-likeness (QED) is 0.774. The van der Waals surface area contributed by atoms with Gasteiger partial charge in [-0.25, -0.2) is 8.42 Å². The highest BCUT2D eigenvalue weighted by atomic mass is 32.2. The maximum absolute atomic E-state index is 12.7. The van der Waals surface area contributed by atoms with E-state index in [1.54, 1.807) is 24.3 Å². The molecule has 6 heteroatoms. The van der Waals surface area contributed by atoms with Gasteiger partial charge in [-0.1, -0.05) is 30.9 Å². The Morgan fingerprint density at radius 1 is 1.43 bits per heavy atom. The van der Waals surface area contributed by atoms with Crippen LogP contribution in [0, 0.1) is 17.8 Å². The number of aliphatic hydroxyl groups is 1. The molecule has 1 aromatic carbocycles. The summed E-state index contributed by atoms with van der Waals surface area (Å²) in [7, 11) is -3.65. The third-order valence-electron chi connectivity index (χ3n) is 3.71. The third kappa shape index (κ3) is 3.44. The van der Waals surface area contributed by atoms with E-state index in [4.69, 9.17) is 5.73 Å². The van der Waals surface area contributed by atoms with E-state index in [1.165, 1.54) is 4.31 Å². The Bertz CT molecular complexity index is 661. The summed E-state index contributed by atoms with van der Waals surface area (Å²) in [5, 5.41) is 9.92. The van der Waals surface area contributed by atoms with Gasteiger partial charge in [-0.2, -0.15) is 4.31 Å². The third-order valence-corrected chi connectivity index (χ3v) is 5.63. The molecule has 2 atom stereocenters. The second kappa shape index (κ2) is 6.58. The second-order valence-electron chi connectivity index (χ2n) is 5.20. The molecule has 21 heavy (non-hydrogen) atoms. The van der Waals surface area contributed by atoms with Crippen LogP contribution in [0.15, 0.2) is 29.2 Å². The predicted molar refractivity (Wildman–Crippen MR) is 80.9 cm³/mol. The summed E-state index contributed by atoms with van der Waals surface area (Å²) in [5.41, 5.74) is 5.79. The molecule has 2 unspecified atom stereocenters. The largest absolute Gasteiger partial charge is 0.391 e. The van der Waals surface area contributed by atoms with Crippen LogP contribution in [0.2, 0.25) is 0 Å². The van der Waals surface area contributed by atoms with Gasteiger partial charge in [-0.15, -0.1) is 0 Å². The van der Waals surface area contributed by atoms with Crippen molar-refractivity contribution in [2.24, 2.45) is 11.7 Å². The van der Waals surface area contributed by atoms with Crippen molar-refractivity contribution >= 4 is 10.0 Å². The highest BCUT2D eigenvalue weighted by Gasteiger charge is 2.33. The van der Waals surface area contributed by atoms with Gasteiger partial charge in [0.15, 0.2) is 0 Å². The Balaban J connectivity index is 2.36. The number of sulfonamides is 1. The van der Waals surface area contributed by atoms with Gasteiger partial charge in [0.2, 0.25) is 10.0 Å². The normalized spacial score (nSPS) is 23.4. The van der Waals surface area contributed by atoms with Crippen LogP contribution in [0.1, 0.15) is 18.9 Å². The van der Waals surface area contributed by atoms with Crippen LogP contribution in [0.3, 0.4) is 0 Å². The van der Waals surface area contributed by atoms with Crippen molar-refractivity contribution in [3.8, 4) is 11.8 Å². The summed E-state index contributed by atoms with van der Waals surface area (Å²) in [5.74, 6) is 5.59. The van der Waals surface area contributed by atoms with Gasteiger partial charge >= 0.3 is 0 Å². The summed E-state index contributed by atoms with van der Waals surface area (Å²) in [4.78, 5) is 0.174. The smallest absolute Gasteiger partial charge is 0.244 e. The Morgan fingerprint density at radius 3 is 2.81 bits per heavy atom. The van der Waals surface area contributed by atoms with Gasteiger partial charge < -0.3 is 10.8 Å². The second-order valence-corrected chi connectivity index (χ2v) is 7.10. The van der Waals surface area contributed by atoms with Gasteiger partial charge in [0, 0.05) is 18.7 Å². The van der Waals surface area contributed by atoms with E-state index in [0.29, 0.717) is 18.5 Å². The van der Waals surface area contributed by atoms with E-state index in [-0.39, 0.29) is 23.9 Å². The van der Waals surface area contributed by atoms with Crippen molar-refractivity contribution in [1.82, 2.24) is 4.31 Å². The van der Waals surface area contributed by atoms with Crippen LogP contribution in [-0.4, -0.2) is 43.6 Å². The van der Waals surface area contributed by atoms with E-state index >= 15 is 0 Å². The lowest BCUT2D eigenvalue weighted by atomic mass is 9.98. The van der Waals surface area contributed by atoms with Gasteiger partial charge in [-0.3, -0.25) is 0 Å². The minimum atomic E-state index is -3.65. The Morgan fingerprint density at radius 2 is 2.14 bits per heavy atom. The zero-order valence-corrected chi connectivity index (χ0v) is 12.8. The van der Waals surface area contributed by atoms with E-state index in [2.05, 4.69) is 11.8 Å². The molecule has 1 heterocycles. The monoisotopic (exact) mass is 308 g/mol. The van der Waals surface area contributed by atoms with Gasteiger partial charge in [0.1, 0.15) is 0 Å². The highest BCUT2D eigenvalue weighted by Crippen LogP contribution is 2.25. The Labute approximate surface area is 125 Å². The van der Waals surface area contributed by atoms with E-state index < -0.39 is 16.1 Å². The van der Waals surface area contributed by atoms with Gasteiger partial charge in [0.05, 0.1) is 17.5 Å². The van der Waals surface area contributed by atoms with Crippen LogP contribution < -0.4 is 5.73 Å². The van der Waals surface area contributed by atoms with E-state index in [0.717, 1.165) is 0 Å². The molecule has 1 aromatic rings. The number of nitrogens with two attached hydrogens (primary N) is 1. The first kappa shape index (κ1) is 16.0. The SMILES string of the molecule is CC1CCN(S(=O)(=O)c2ccccc2C#CCN)CC1O. The van der Waals surface area contributed by atoms with E-state index in [1.807, 2.05) is 6.92 Å². The summed E-state index contributed by atoms with van der Waals surface area (Å²) < 4.78 is 26.8. The topological polar surface area (TPSA) is 83.6 Å². The molecule has 2 rings (SSSR count). The molecule has 1 saturated heterocycles. The van der Waals surface area contributed by atoms with Gasteiger partial charge in [-0.05, 0) is 24.5 Å². The Hall–Kier alpha value is -1.39. The lowest BCUT2D eigenvalue weighted by Gasteiger charge is -2.33. The van der Waals surface area contributed by atoms with Crippen LogP contribution in [0.25, 0.3) is 0 Å². The number of rotatable bonds is 2. The van der Waals surface area contributed by atoms with E-state index in [9.17, 15) is 13.5 Å². The molecule has 0 radical (unpaired) electrons. The van der Waals surface area contributed by atoms with Gasteiger partial charge in [0.25, 0.3) is 0 Å². The zero-order valence-electron chi connectivity index (χ0n) is 12.0. The average molecular weight is 308 g/mol. The Kier molecular flexibility index (Phi) is 5.01. The number of β-amino-alcohol motifs (C(OH)–C–C–N with tert-alkyl or cyclic N) is 1. The fourth-order valence-corrected chi connectivity index (χ4v) is 3.94. The van der Waals surface area contributed by atoms with Crippen LogP contribution in [0.5, 0.6) is 0 Å². The number of hydrogen-bond acceptors (Lipinski definition) is 4. The molecule has 114 valence electrons. The molecular weight excluding hydrogens is 288 g/mol. The van der Waals surface area contributed by atoms with Crippen LogP contribution >= 0.6 is 0 Å². The molecule has 1 aliphatic rings. The minimum absolute atomic E-state index is 0.115. The number of hydrogen-bond donors (Lipinski definition) is 2. The van der Waals surface area contributed by atoms with Crippen molar-refractivity contribution in [3.05, 3.63) is 29.8 Å². The summed E-state index contributed by atoms with van der Waals surface area (Å²) >= 11 is 0. The minimum Gasteiger partial charge on any atom is -0.391 e. The molecule has 0 bridgehead atoms. The predicted octanol–water partition coefficient (Wildman–Crippen LogP) is 0.388. The lowest BCUT2D eigenvalue weighted by Crippen LogP contribution is -2.45. The summed E-state index contributed by atoms with van der Waals surface area (Å²) in [6, 6.07) is 6.62. The molecule has 0 saturated carbocycles. The maximum Gasteiger partial charge on any atom is 0.244 e. The molecule has 0 aliphatic carbocycles. The molecule has 1 aliphatic heterocycles. The molecule has 1 fully saturated rings. The fourth-order valence-electron chi connectivity index (χ4n) is 2.32. The van der Waals surface area contributed by atoms with Crippen molar-refractivity contribution in [3.63, 3.8) is 0 Å². The van der Waals surface area contributed by atoms with Crippen LogP contribution in [0.4, 0.5) is 0 Å². The highest BCUT2D eigenvalue weighted by molar-refractivity contribution is 7.89. The summed E-state index contributed by atoms with van der Waals surface area (Å²) in [6.45, 7) is 2.64.